The van der Waals surface area contributed by atoms with Crippen molar-refractivity contribution in [1.29, 1.82) is 0 Å². The van der Waals surface area contributed by atoms with Crippen LogP contribution in [-0.4, -0.2) is 84.8 Å². The molecule has 14 heteroatoms. The molecule has 4 N–H and O–H groups in total. The van der Waals surface area contributed by atoms with Gasteiger partial charge in [0.2, 0.25) is 11.8 Å². The molecule has 5 heterocycles. The van der Waals surface area contributed by atoms with E-state index in [1.807, 2.05) is 30.5 Å². The molecule has 2 saturated heterocycles. The molecule has 35 heavy (non-hydrogen) atoms. The van der Waals surface area contributed by atoms with Crippen LogP contribution in [0.5, 0.6) is 0 Å². The van der Waals surface area contributed by atoms with Crippen molar-refractivity contribution < 1.29 is 24.6 Å². The second kappa shape index (κ2) is 9.50. The highest BCUT2D eigenvalue weighted by Crippen LogP contribution is 2.45. The second-order valence-electron chi connectivity index (χ2n) is 8.61. The van der Waals surface area contributed by atoms with E-state index in [4.69, 9.17) is 0 Å². The lowest BCUT2D eigenvalue weighted by Gasteiger charge is -2.53. The molecular formula is C21H24N6O5S3. The lowest BCUT2D eigenvalue weighted by atomic mass is 9.89. The number of thioether (sulfide) groups is 2. The van der Waals surface area contributed by atoms with E-state index in [9.17, 15) is 24.6 Å². The fourth-order valence-corrected chi connectivity index (χ4v) is 7.83. The summed E-state index contributed by atoms with van der Waals surface area (Å²) in [5.74, 6) is -0.259. The average Bonchev–Trinajstić information content (AvgIpc) is 3.50. The fraction of sp³-hybridized carbons (Fsp3) is 0.429. The van der Waals surface area contributed by atoms with E-state index in [1.54, 1.807) is 16.1 Å². The minimum Gasteiger partial charge on any atom is -0.481 e. The van der Waals surface area contributed by atoms with Gasteiger partial charge >= 0.3 is 5.97 Å². The monoisotopic (exact) mass is 536 g/mol. The van der Waals surface area contributed by atoms with E-state index in [-0.39, 0.29) is 42.6 Å². The number of aliphatic imine (C=N–C) groups is 1. The Kier molecular flexibility index (Phi) is 6.57. The lowest BCUT2D eigenvalue weighted by Crippen LogP contribution is -2.74. The number of β-lactam (4-membered cyclic amide) rings is 1. The van der Waals surface area contributed by atoms with Gasteiger partial charge in [0, 0.05) is 28.6 Å². The summed E-state index contributed by atoms with van der Waals surface area (Å²) < 4.78 is 0. The number of aliphatic hydroxyl groups is 1. The Labute approximate surface area is 213 Å². The number of aliphatic hydroxyl groups excluding tert-OH is 1. The molecular weight excluding hydrogens is 512 g/mol. The molecule has 2 amide bonds. The van der Waals surface area contributed by atoms with Crippen molar-refractivity contribution in [2.45, 2.75) is 24.8 Å². The van der Waals surface area contributed by atoms with Crippen molar-refractivity contribution in [3.8, 4) is 0 Å². The Bertz CT molecular complexity index is 1140. The van der Waals surface area contributed by atoms with E-state index in [1.165, 1.54) is 39.9 Å². The highest BCUT2D eigenvalue weighted by molar-refractivity contribution is 8.03. The van der Waals surface area contributed by atoms with Crippen molar-refractivity contribution in [3.05, 3.63) is 45.5 Å². The number of carboxylic acids is 1. The molecule has 0 radical (unpaired) electrons. The smallest absolute Gasteiger partial charge is 0.313 e. The standard InChI is InChI=1S/C21H24N6O5S3/c1-12-5-16(27-14(22-12)7-25(11-28)24-27)34-9-21(20(31)32)8-26-18(30)17(19(26)35-10-21)23-15(29)6-13-3-2-4-33-13/h2-5,7,17,19,24,28H,6,8-11H2,1H3,(H,23,29)(H,31,32)/t17?,19-,21?/m1/s1. The molecule has 3 atom stereocenters. The topological polar surface area (TPSA) is 138 Å². The number of carbonyl (C=O) groups excluding carboxylic acids is 2. The van der Waals surface area contributed by atoms with Crippen LogP contribution < -0.4 is 10.9 Å². The third-order valence-electron chi connectivity index (χ3n) is 6.05. The van der Waals surface area contributed by atoms with Crippen LogP contribution in [0.3, 0.4) is 0 Å². The van der Waals surface area contributed by atoms with E-state index in [2.05, 4.69) is 15.8 Å². The Hall–Kier alpha value is -2.52. The van der Waals surface area contributed by atoms with Gasteiger partial charge in [0.05, 0.1) is 17.6 Å². The van der Waals surface area contributed by atoms with Crippen LogP contribution in [0.4, 0.5) is 0 Å². The van der Waals surface area contributed by atoms with Gasteiger partial charge in [-0.25, -0.2) is 10.0 Å². The SMILES string of the molecule is CC1=NC2=CN(CO)NN2C(SCC2(C(=O)O)CS[C@@H]3C(NC(=O)Cc4cccs4)C(=O)N3C2)=C1. The predicted octanol–water partition coefficient (Wildman–Crippen LogP) is 0.596. The Balaban J connectivity index is 1.22. The largest absolute Gasteiger partial charge is 0.481 e. The van der Waals surface area contributed by atoms with Crippen molar-refractivity contribution in [2.24, 2.45) is 10.4 Å². The predicted molar refractivity (Wildman–Crippen MR) is 134 cm³/mol. The van der Waals surface area contributed by atoms with Crippen LogP contribution in [0.25, 0.3) is 0 Å². The highest BCUT2D eigenvalue weighted by atomic mass is 32.2. The number of aliphatic carboxylic acids is 1. The van der Waals surface area contributed by atoms with Crippen LogP contribution in [0.2, 0.25) is 0 Å². The van der Waals surface area contributed by atoms with Crippen LogP contribution in [-0.2, 0) is 20.8 Å². The maximum Gasteiger partial charge on any atom is 0.313 e. The number of rotatable bonds is 8. The van der Waals surface area contributed by atoms with Crippen LogP contribution in [0, 0.1) is 5.41 Å². The molecule has 4 aliphatic rings. The van der Waals surface area contributed by atoms with Gasteiger partial charge in [0.15, 0.2) is 5.82 Å². The molecule has 0 aliphatic carbocycles. The van der Waals surface area contributed by atoms with Gasteiger partial charge in [-0.3, -0.25) is 19.4 Å². The molecule has 4 aliphatic heterocycles. The van der Waals surface area contributed by atoms with E-state index < -0.39 is 17.4 Å². The third kappa shape index (κ3) is 4.56. The molecule has 0 saturated carbocycles. The van der Waals surface area contributed by atoms with Gasteiger partial charge in [-0.2, -0.15) is 0 Å². The first-order valence-corrected chi connectivity index (χ1v) is 13.7. The average molecular weight is 537 g/mol. The van der Waals surface area contributed by atoms with Crippen LogP contribution in [0.15, 0.2) is 45.6 Å². The molecule has 5 rings (SSSR count). The molecule has 2 fully saturated rings. The Morgan fingerprint density at radius 3 is 2.97 bits per heavy atom. The number of amides is 2. The van der Waals surface area contributed by atoms with Gasteiger partial charge in [0.1, 0.15) is 23.6 Å². The van der Waals surface area contributed by atoms with Crippen molar-refractivity contribution in [1.82, 2.24) is 25.8 Å². The van der Waals surface area contributed by atoms with Crippen molar-refractivity contribution >= 4 is 58.4 Å². The summed E-state index contributed by atoms with van der Waals surface area (Å²) in [5, 5.41) is 27.9. The van der Waals surface area contributed by atoms with E-state index >= 15 is 0 Å². The molecule has 1 aromatic rings. The summed E-state index contributed by atoms with van der Waals surface area (Å²) in [5.41, 5.74) is 2.61. The minimum absolute atomic E-state index is 0.0857. The first-order valence-electron chi connectivity index (χ1n) is 10.8. The highest BCUT2D eigenvalue weighted by Gasteiger charge is 2.57. The number of fused-ring (bicyclic) bond motifs is 2. The summed E-state index contributed by atoms with van der Waals surface area (Å²) >= 11 is 4.24. The number of hydrogen-bond acceptors (Lipinski definition) is 11. The minimum atomic E-state index is -1.14. The van der Waals surface area contributed by atoms with Crippen molar-refractivity contribution in [2.75, 3.05) is 24.8 Å². The first-order chi connectivity index (χ1) is 16.8. The number of nitrogens with zero attached hydrogens (tertiary/aromatic N) is 4. The summed E-state index contributed by atoms with van der Waals surface area (Å²) in [6.07, 6.45) is 3.73. The zero-order valence-corrected chi connectivity index (χ0v) is 21.2. The first kappa shape index (κ1) is 24.2. The molecule has 0 spiro atoms. The van der Waals surface area contributed by atoms with Crippen molar-refractivity contribution in [3.63, 3.8) is 0 Å². The number of carbonyl (C=O) groups is 3. The maximum absolute atomic E-state index is 12.8. The molecule has 11 nitrogen and oxygen atoms in total. The fourth-order valence-electron chi connectivity index (χ4n) is 4.20. The molecule has 0 aromatic carbocycles. The van der Waals surface area contributed by atoms with Gasteiger partial charge < -0.3 is 20.4 Å². The lowest BCUT2D eigenvalue weighted by molar-refractivity contribution is -0.157. The second-order valence-corrected chi connectivity index (χ2v) is 11.7. The van der Waals surface area contributed by atoms with E-state index in [0.717, 1.165) is 15.6 Å². The van der Waals surface area contributed by atoms with E-state index in [0.29, 0.717) is 11.6 Å². The van der Waals surface area contributed by atoms with Crippen LogP contribution >= 0.6 is 34.9 Å². The van der Waals surface area contributed by atoms with Gasteiger partial charge in [-0.15, -0.1) is 40.4 Å². The normalized spacial score (nSPS) is 27.4. The van der Waals surface area contributed by atoms with Gasteiger partial charge in [0.25, 0.3) is 0 Å². The molecule has 186 valence electrons. The number of nitrogens with one attached hydrogen (secondary N) is 2. The van der Waals surface area contributed by atoms with Crippen LogP contribution in [0.1, 0.15) is 11.8 Å². The summed E-state index contributed by atoms with van der Waals surface area (Å²) in [4.78, 5) is 44.5. The number of hydrogen-bond donors (Lipinski definition) is 4. The molecule has 1 aromatic heterocycles. The Morgan fingerprint density at radius 1 is 1.43 bits per heavy atom. The zero-order chi connectivity index (χ0) is 24.7. The number of hydrazine groups is 2. The summed E-state index contributed by atoms with van der Waals surface area (Å²) in [6, 6.07) is 3.12. The summed E-state index contributed by atoms with van der Waals surface area (Å²) in [7, 11) is 0. The molecule has 2 unspecified atom stereocenters. The number of carboxylic acid groups (broad SMARTS) is 1. The molecule has 0 bridgehead atoms. The third-order valence-corrected chi connectivity index (χ3v) is 9.81. The summed E-state index contributed by atoms with van der Waals surface area (Å²) in [6.45, 7) is 1.69. The Morgan fingerprint density at radius 2 is 2.26 bits per heavy atom. The zero-order valence-electron chi connectivity index (χ0n) is 18.7. The number of thiophene rings is 1. The van der Waals surface area contributed by atoms with Gasteiger partial charge in [-0.1, -0.05) is 6.07 Å². The number of allylic oxidation sites excluding steroid dienone is 1. The quantitative estimate of drug-likeness (QED) is 0.350. The maximum atomic E-state index is 12.8. The van der Waals surface area contributed by atoms with Gasteiger partial charge in [-0.05, 0) is 24.4 Å².